The zero-order chi connectivity index (χ0) is 18.8. The SMILES string of the molecule is Cc1cccc(-n2c(C)nn(C[NH+]3CCN(c4ncccn4)CC3)c2=S)c1. The Bertz CT molecular complexity index is 971. The summed E-state index contributed by atoms with van der Waals surface area (Å²) in [6, 6.07) is 10.2. The molecule has 0 bridgehead atoms. The predicted molar refractivity (Wildman–Crippen MR) is 107 cm³/mol. The third-order valence-electron chi connectivity index (χ3n) is 4.94. The van der Waals surface area contributed by atoms with Crippen molar-refractivity contribution >= 4 is 18.2 Å². The van der Waals surface area contributed by atoms with Crippen LogP contribution in [0.15, 0.2) is 42.7 Å². The Hall–Kier alpha value is -2.58. The maximum atomic E-state index is 5.73. The van der Waals surface area contributed by atoms with Crippen molar-refractivity contribution in [1.82, 2.24) is 24.3 Å². The summed E-state index contributed by atoms with van der Waals surface area (Å²) in [5, 5.41) is 4.70. The second-order valence-corrected chi connectivity index (χ2v) is 7.31. The maximum absolute atomic E-state index is 5.73. The van der Waals surface area contributed by atoms with E-state index in [1.165, 1.54) is 10.5 Å². The topological polar surface area (TPSA) is 56.2 Å². The average molecular weight is 383 g/mol. The molecule has 0 aliphatic carbocycles. The van der Waals surface area contributed by atoms with Crippen molar-refractivity contribution in [1.29, 1.82) is 0 Å². The lowest BCUT2D eigenvalue weighted by Crippen LogP contribution is -3.14. The van der Waals surface area contributed by atoms with Gasteiger partial charge in [0.15, 0.2) is 6.67 Å². The Morgan fingerprint density at radius 1 is 1.07 bits per heavy atom. The Balaban J connectivity index is 1.47. The summed E-state index contributed by atoms with van der Waals surface area (Å²) in [5.74, 6) is 1.73. The van der Waals surface area contributed by atoms with Crippen molar-refractivity contribution in [3.05, 3.63) is 58.9 Å². The van der Waals surface area contributed by atoms with Gasteiger partial charge in [-0.15, -0.1) is 0 Å². The van der Waals surface area contributed by atoms with E-state index in [1.54, 1.807) is 12.4 Å². The lowest BCUT2D eigenvalue weighted by Gasteiger charge is -2.31. The molecular weight excluding hydrogens is 358 g/mol. The minimum Gasteiger partial charge on any atom is -0.330 e. The van der Waals surface area contributed by atoms with Crippen molar-refractivity contribution in [2.75, 3.05) is 31.1 Å². The van der Waals surface area contributed by atoms with Crippen molar-refractivity contribution in [2.45, 2.75) is 20.5 Å². The summed E-state index contributed by atoms with van der Waals surface area (Å²) in [6.07, 6.45) is 3.59. The lowest BCUT2D eigenvalue weighted by atomic mass is 10.2. The van der Waals surface area contributed by atoms with Gasteiger partial charge < -0.3 is 9.80 Å². The van der Waals surface area contributed by atoms with E-state index in [0.717, 1.165) is 55.1 Å². The van der Waals surface area contributed by atoms with Gasteiger partial charge in [-0.2, -0.15) is 9.78 Å². The van der Waals surface area contributed by atoms with Crippen LogP contribution in [0.25, 0.3) is 5.69 Å². The number of nitrogens with one attached hydrogen (secondary N) is 1. The molecule has 1 aliphatic rings. The molecule has 0 amide bonds. The van der Waals surface area contributed by atoms with E-state index in [4.69, 9.17) is 17.3 Å². The monoisotopic (exact) mass is 382 g/mol. The molecule has 2 aromatic heterocycles. The van der Waals surface area contributed by atoms with Gasteiger partial charge in [-0.3, -0.25) is 4.57 Å². The second-order valence-electron chi connectivity index (χ2n) is 6.95. The van der Waals surface area contributed by atoms with Gasteiger partial charge in [0, 0.05) is 18.1 Å². The molecule has 0 saturated carbocycles. The number of rotatable bonds is 4. The summed E-state index contributed by atoms with van der Waals surface area (Å²) in [7, 11) is 0. The molecule has 1 N–H and O–H groups in total. The number of anilines is 1. The van der Waals surface area contributed by atoms with E-state index < -0.39 is 0 Å². The summed E-state index contributed by atoms with van der Waals surface area (Å²) < 4.78 is 4.76. The summed E-state index contributed by atoms with van der Waals surface area (Å²) in [5.41, 5.74) is 2.29. The highest BCUT2D eigenvalue weighted by molar-refractivity contribution is 7.71. The molecule has 0 radical (unpaired) electrons. The highest BCUT2D eigenvalue weighted by atomic mass is 32.1. The van der Waals surface area contributed by atoms with Gasteiger partial charge in [0.2, 0.25) is 10.7 Å². The highest BCUT2D eigenvalue weighted by Gasteiger charge is 2.23. The molecular formula is C19H24N7S+. The molecule has 140 valence electrons. The molecule has 3 heterocycles. The van der Waals surface area contributed by atoms with Crippen LogP contribution < -0.4 is 9.80 Å². The van der Waals surface area contributed by atoms with Crippen LogP contribution in [0.3, 0.4) is 0 Å². The second kappa shape index (κ2) is 7.58. The zero-order valence-electron chi connectivity index (χ0n) is 15.7. The van der Waals surface area contributed by atoms with E-state index in [9.17, 15) is 0 Å². The summed E-state index contributed by atoms with van der Waals surface area (Å²) >= 11 is 5.73. The largest absolute Gasteiger partial charge is 0.330 e. The Kier molecular flexibility index (Phi) is 5.00. The van der Waals surface area contributed by atoms with Crippen LogP contribution in [0.2, 0.25) is 0 Å². The molecule has 8 heteroatoms. The quantitative estimate of drug-likeness (QED) is 0.687. The van der Waals surface area contributed by atoms with Crippen molar-refractivity contribution in [2.24, 2.45) is 0 Å². The maximum Gasteiger partial charge on any atom is 0.225 e. The van der Waals surface area contributed by atoms with Crippen molar-refractivity contribution < 1.29 is 4.90 Å². The fourth-order valence-electron chi connectivity index (χ4n) is 3.53. The Labute approximate surface area is 163 Å². The van der Waals surface area contributed by atoms with Gasteiger partial charge in [0.05, 0.1) is 26.2 Å². The van der Waals surface area contributed by atoms with Gasteiger partial charge in [0.1, 0.15) is 5.82 Å². The van der Waals surface area contributed by atoms with Crippen LogP contribution in [-0.4, -0.2) is 50.5 Å². The van der Waals surface area contributed by atoms with E-state index in [0.29, 0.717) is 0 Å². The predicted octanol–water partition coefficient (Wildman–Crippen LogP) is 1.17. The Morgan fingerprint density at radius 2 is 1.81 bits per heavy atom. The van der Waals surface area contributed by atoms with Gasteiger partial charge in [-0.1, -0.05) is 12.1 Å². The van der Waals surface area contributed by atoms with Crippen LogP contribution in [0.1, 0.15) is 11.4 Å². The number of hydrogen-bond acceptors (Lipinski definition) is 5. The van der Waals surface area contributed by atoms with Gasteiger partial charge in [-0.25, -0.2) is 9.97 Å². The molecule has 7 nitrogen and oxygen atoms in total. The van der Waals surface area contributed by atoms with Crippen molar-refractivity contribution in [3.8, 4) is 5.69 Å². The smallest absolute Gasteiger partial charge is 0.225 e. The van der Waals surface area contributed by atoms with Gasteiger partial charge in [0.25, 0.3) is 0 Å². The highest BCUT2D eigenvalue weighted by Crippen LogP contribution is 2.13. The third kappa shape index (κ3) is 3.77. The first-order valence-corrected chi connectivity index (χ1v) is 9.62. The van der Waals surface area contributed by atoms with Crippen LogP contribution >= 0.6 is 12.2 Å². The number of hydrogen-bond donors (Lipinski definition) is 1. The number of nitrogens with zero attached hydrogens (tertiary/aromatic N) is 6. The first-order valence-electron chi connectivity index (χ1n) is 9.21. The number of benzene rings is 1. The fraction of sp³-hybridized carbons (Fsp3) is 0.368. The molecule has 4 rings (SSSR count). The van der Waals surface area contributed by atoms with Gasteiger partial charge in [-0.05, 0) is 49.8 Å². The molecule has 1 aliphatic heterocycles. The van der Waals surface area contributed by atoms with Crippen LogP contribution in [0.4, 0.5) is 5.95 Å². The number of quaternary nitrogens is 1. The Morgan fingerprint density at radius 3 is 2.52 bits per heavy atom. The van der Waals surface area contributed by atoms with Crippen molar-refractivity contribution in [3.63, 3.8) is 0 Å². The van der Waals surface area contributed by atoms with Crippen LogP contribution in [0, 0.1) is 18.6 Å². The number of piperazine rings is 1. The lowest BCUT2D eigenvalue weighted by molar-refractivity contribution is -0.924. The van der Waals surface area contributed by atoms with E-state index in [2.05, 4.69) is 50.6 Å². The number of aryl methyl sites for hydroxylation is 2. The molecule has 0 unspecified atom stereocenters. The minimum absolute atomic E-state index is 0.749. The molecule has 3 aromatic rings. The number of aromatic nitrogens is 5. The van der Waals surface area contributed by atoms with Crippen LogP contribution in [0.5, 0.6) is 0 Å². The molecule has 27 heavy (non-hydrogen) atoms. The zero-order valence-corrected chi connectivity index (χ0v) is 16.5. The summed E-state index contributed by atoms with van der Waals surface area (Å²) in [6.45, 7) is 8.77. The fourth-order valence-corrected chi connectivity index (χ4v) is 3.87. The van der Waals surface area contributed by atoms with Gasteiger partial charge >= 0.3 is 0 Å². The molecule has 1 fully saturated rings. The first kappa shape index (κ1) is 17.8. The molecule has 1 aromatic carbocycles. The molecule has 0 atom stereocenters. The first-order chi connectivity index (χ1) is 13.1. The van der Waals surface area contributed by atoms with E-state index in [1.807, 2.05) is 17.7 Å². The third-order valence-corrected chi connectivity index (χ3v) is 5.33. The van der Waals surface area contributed by atoms with E-state index >= 15 is 0 Å². The standard InChI is InChI=1S/C19H23N7S/c1-15-5-3-6-17(13-15)26-16(2)22-25(19(26)27)14-23-9-11-24(12-10-23)18-20-7-4-8-21-18/h3-8,13H,9-12,14H2,1-2H3/p+1. The average Bonchev–Trinajstić information content (AvgIpc) is 2.96. The minimum atomic E-state index is 0.749. The van der Waals surface area contributed by atoms with E-state index in [-0.39, 0.29) is 0 Å². The molecule has 0 spiro atoms. The molecule has 1 saturated heterocycles. The van der Waals surface area contributed by atoms with Crippen LogP contribution in [-0.2, 0) is 6.67 Å². The summed E-state index contributed by atoms with van der Waals surface area (Å²) in [4.78, 5) is 12.4. The normalized spacial score (nSPS) is 15.3.